The van der Waals surface area contributed by atoms with Gasteiger partial charge in [0.15, 0.2) is 0 Å². The van der Waals surface area contributed by atoms with Gasteiger partial charge in [-0.2, -0.15) is 0 Å². The number of aromatic nitrogens is 1. The summed E-state index contributed by atoms with van der Waals surface area (Å²) in [5.41, 5.74) is 2.58. The van der Waals surface area contributed by atoms with Crippen molar-refractivity contribution in [1.29, 1.82) is 0 Å². The summed E-state index contributed by atoms with van der Waals surface area (Å²) in [5, 5.41) is 1.00. The second kappa shape index (κ2) is 3.42. The molecule has 1 heterocycles. The smallest absolute Gasteiger partial charge is 0.251 e. The van der Waals surface area contributed by atoms with Crippen LogP contribution in [0.4, 0.5) is 0 Å². The first-order chi connectivity index (χ1) is 7.11. The predicted octanol–water partition coefficient (Wildman–Crippen LogP) is 2.15. The Morgan fingerprint density at radius 2 is 1.87 bits per heavy atom. The number of fused-ring (bicyclic) bond motifs is 1. The van der Waals surface area contributed by atoms with Gasteiger partial charge in [0.25, 0.3) is 5.56 Å². The fraction of sp³-hybridized carbons (Fsp3) is 0.250. The molecule has 2 aromatic rings. The van der Waals surface area contributed by atoms with Gasteiger partial charge in [0.1, 0.15) is 5.75 Å². The van der Waals surface area contributed by atoms with Crippen molar-refractivity contribution in [3.05, 3.63) is 39.7 Å². The molecule has 0 saturated heterocycles. The van der Waals surface area contributed by atoms with Crippen LogP contribution in [0.3, 0.4) is 0 Å². The van der Waals surface area contributed by atoms with Crippen molar-refractivity contribution in [2.45, 2.75) is 13.8 Å². The molecular formula is C12H13NO2. The predicted molar refractivity (Wildman–Crippen MR) is 60.6 cm³/mol. The SMILES string of the molecule is COc1cc(C)c2[nH]c(=O)c(C)cc2c1. The van der Waals surface area contributed by atoms with E-state index < -0.39 is 0 Å². The standard InChI is InChI=1S/C12H13NO2/c1-7-5-10(15-3)6-9-4-8(2)12(14)13-11(7)9/h4-6H,1-3H3,(H,13,14). The molecule has 0 radical (unpaired) electrons. The Hall–Kier alpha value is -1.77. The van der Waals surface area contributed by atoms with Crippen LogP contribution in [-0.4, -0.2) is 12.1 Å². The minimum atomic E-state index is -0.0317. The molecule has 0 fully saturated rings. The van der Waals surface area contributed by atoms with E-state index in [1.54, 1.807) is 14.0 Å². The maximum absolute atomic E-state index is 11.5. The summed E-state index contributed by atoms with van der Waals surface area (Å²) in [6.07, 6.45) is 0. The van der Waals surface area contributed by atoms with Crippen molar-refractivity contribution in [2.75, 3.05) is 7.11 Å². The molecule has 1 aromatic carbocycles. The molecule has 1 aromatic heterocycles. The molecule has 0 aliphatic heterocycles. The number of aryl methyl sites for hydroxylation is 2. The third kappa shape index (κ3) is 1.61. The summed E-state index contributed by atoms with van der Waals surface area (Å²) in [7, 11) is 1.64. The van der Waals surface area contributed by atoms with Gasteiger partial charge in [0.05, 0.1) is 12.6 Å². The highest BCUT2D eigenvalue weighted by Crippen LogP contribution is 2.22. The lowest BCUT2D eigenvalue weighted by Crippen LogP contribution is -2.09. The van der Waals surface area contributed by atoms with E-state index in [0.29, 0.717) is 0 Å². The highest BCUT2D eigenvalue weighted by molar-refractivity contribution is 5.83. The van der Waals surface area contributed by atoms with Crippen LogP contribution in [0.2, 0.25) is 0 Å². The van der Waals surface area contributed by atoms with Gasteiger partial charge in [-0.15, -0.1) is 0 Å². The molecule has 0 aliphatic rings. The number of H-pyrrole nitrogens is 1. The zero-order chi connectivity index (χ0) is 11.0. The van der Waals surface area contributed by atoms with Gasteiger partial charge in [0, 0.05) is 10.9 Å². The number of pyridine rings is 1. The Bertz CT molecular complexity index is 570. The Morgan fingerprint density at radius 3 is 2.53 bits per heavy atom. The molecule has 0 saturated carbocycles. The average molecular weight is 203 g/mol. The van der Waals surface area contributed by atoms with Crippen molar-refractivity contribution in [3.8, 4) is 5.75 Å². The number of aromatic amines is 1. The molecule has 1 N–H and O–H groups in total. The maximum Gasteiger partial charge on any atom is 0.251 e. The lowest BCUT2D eigenvalue weighted by Gasteiger charge is -2.06. The van der Waals surface area contributed by atoms with Crippen LogP contribution in [0.1, 0.15) is 11.1 Å². The normalized spacial score (nSPS) is 10.6. The minimum Gasteiger partial charge on any atom is -0.497 e. The van der Waals surface area contributed by atoms with Crippen LogP contribution in [-0.2, 0) is 0 Å². The van der Waals surface area contributed by atoms with E-state index in [0.717, 1.165) is 27.8 Å². The van der Waals surface area contributed by atoms with Gasteiger partial charge in [-0.1, -0.05) is 0 Å². The molecule has 0 spiro atoms. The number of rotatable bonds is 1. The van der Waals surface area contributed by atoms with E-state index in [1.165, 1.54) is 0 Å². The molecular weight excluding hydrogens is 190 g/mol. The Balaban J connectivity index is 2.86. The van der Waals surface area contributed by atoms with E-state index in [-0.39, 0.29) is 5.56 Å². The Labute approximate surface area is 87.7 Å². The van der Waals surface area contributed by atoms with Crippen molar-refractivity contribution < 1.29 is 4.74 Å². The number of nitrogens with one attached hydrogen (secondary N) is 1. The van der Waals surface area contributed by atoms with Gasteiger partial charge in [-0.05, 0) is 37.6 Å². The van der Waals surface area contributed by atoms with Crippen LogP contribution in [0.25, 0.3) is 10.9 Å². The molecule has 0 atom stereocenters. The van der Waals surface area contributed by atoms with Crippen LogP contribution in [0, 0.1) is 13.8 Å². The second-order valence-electron chi connectivity index (χ2n) is 3.69. The van der Waals surface area contributed by atoms with Gasteiger partial charge in [-0.3, -0.25) is 4.79 Å². The average Bonchev–Trinajstić information content (AvgIpc) is 2.21. The first-order valence-corrected chi connectivity index (χ1v) is 4.80. The third-order valence-corrected chi connectivity index (χ3v) is 2.54. The number of methoxy groups -OCH3 is 1. The highest BCUT2D eigenvalue weighted by Gasteiger charge is 2.03. The number of hydrogen-bond donors (Lipinski definition) is 1. The highest BCUT2D eigenvalue weighted by atomic mass is 16.5. The molecule has 0 unspecified atom stereocenters. The van der Waals surface area contributed by atoms with Gasteiger partial charge < -0.3 is 9.72 Å². The molecule has 3 heteroatoms. The number of hydrogen-bond acceptors (Lipinski definition) is 2. The lowest BCUT2D eigenvalue weighted by atomic mass is 10.1. The van der Waals surface area contributed by atoms with E-state index in [9.17, 15) is 4.79 Å². The fourth-order valence-electron chi connectivity index (χ4n) is 1.69. The zero-order valence-corrected chi connectivity index (χ0v) is 9.05. The Morgan fingerprint density at radius 1 is 1.13 bits per heavy atom. The summed E-state index contributed by atoms with van der Waals surface area (Å²) in [6.45, 7) is 3.75. The van der Waals surface area contributed by atoms with Crippen LogP contribution < -0.4 is 10.3 Å². The second-order valence-corrected chi connectivity index (χ2v) is 3.69. The molecule has 0 amide bonds. The first-order valence-electron chi connectivity index (χ1n) is 4.80. The fourth-order valence-corrected chi connectivity index (χ4v) is 1.69. The molecule has 0 bridgehead atoms. The van der Waals surface area contributed by atoms with Crippen molar-refractivity contribution in [2.24, 2.45) is 0 Å². The van der Waals surface area contributed by atoms with Crippen molar-refractivity contribution in [3.63, 3.8) is 0 Å². The summed E-state index contributed by atoms with van der Waals surface area (Å²) in [5.74, 6) is 0.812. The monoisotopic (exact) mass is 203 g/mol. The third-order valence-electron chi connectivity index (χ3n) is 2.54. The summed E-state index contributed by atoms with van der Waals surface area (Å²) >= 11 is 0. The zero-order valence-electron chi connectivity index (χ0n) is 9.05. The minimum absolute atomic E-state index is 0.0317. The van der Waals surface area contributed by atoms with Crippen molar-refractivity contribution >= 4 is 10.9 Å². The lowest BCUT2D eigenvalue weighted by molar-refractivity contribution is 0.415. The van der Waals surface area contributed by atoms with Crippen molar-refractivity contribution in [1.82, 2.24) is 4.98 Å². The van der Waals surface area contributed by atoms with E-state index >= 15 is 0 Å². The number of benzene rings is 1. The van der Waals surface area contributed by atoms with Crippen LogP contribution >= 0.6 is 0 Å². The van der Waals surface area contributed by atoms with Gasteiger partial charge in [-0.25, -0.2) is 0 Å². The first kappa shape index (κ1) is 9.77. The maximum atomic E-state index is 11.5. The topological polar surface area (TPSA) is 42.1 Å². The van der Waals surface area contributed by atoms with E-state index in [4.69, 9.17) is 4.74 Å². The summed E-state index contributed by atoms with van der Waals surface area (Å²) in [6, 6.07) is 5.71. The van der Waals surface area contributed by atoms with E-state index in [1.807, 2.05) is 25.1 Å². The largest absolute Gasteiger partial charge is 0.497 e. The molecule has 2 rings (SSSR count). The molecule has 15 heavy (non-hydrogen) atoms. The van der Waals surface area contributed by atoms with Crippen LogP contribution in [0.5, 0.6) is 5.75 Å². The quantitative estimate of drug-likeness (QED) is 0.771. The van der Waals surface area contributed by atoms with Gasteiger partial charge in [0.2, 0.25) is 0 Å². The Kier molecular flexibility index (Phi) is 2.23. The summed E-state index contributed by atoms with van der Waals surface area (Å²) < 4.78 is 5.18. The molecule has 78 valence electrons. The molecule has 0 aliphatic carbocycles. The number of ether oxygens (including phenoxy) is 1. The molecule has 3 nitrogen and oxygen atoms in total. The van der Waals surface area contributed by atoms with Crippen LogP contribution in [0.15, 0.2) is 23.0 Å². The summed E-state index contributed by atoms with van der Waals surface area (Å²) in [4.78, 5) is 14.3. The van der Waals surface area contributed by atoms with E-state index in [2.05, 4.69) is 4.98 Å². The van der Waals surface area contributed by atoms with Gasteiger partial charge >= 0.3 is 0 Å².